The van der Waals surface area contributed by atoms with Gasteiger partial charge in [-0.2, -0.15) is 0 Å². The van der Waals surface area contributed by atoms with E-state index in [2.05, 4.69) is 10.6 Å². The highest BCUT2D eigenvalue weighted by atomic mass is 35.5. The van der Waals surface area contributed by atoms with Crippen LogP contribution in [0.1, 0.15) is 6.92 Å². The summed E-state index contributed by atoms with van der Waals surface area (Å²) in [6.07, 6.45) is 0. The van der Waals surface area contributed by atoms with Crippen molar-refractivity contribution >= 4 is 23.0 Å². The summed E-state index contributed by atoms with van der Waals surface area (Å²) in [5, 5.41) is 7.41. The highest BCUT2D eigenvalue weighted by molar-refractivity contribution is 6.30. The molecule has 2 aromatic carbocycles. The third-order valence-corrected chi connectivity index (χ3v) is 2.99. The fraction of sp³-hybridized carbons (Fsp3) is 0.250. The van der Waals surface area contributed by atoms with Crippen LogP contribution < -0.4 is 15.4 Å². The van der Waals surface area contributed by atoms with Crippen LogP contribution in [0.4, 0.5) is 11.4 Å². The molecule has 0 aromatic heterocycles. The van der Waals surface area contributed by atoms with E-state index in [1.54, 1.807) is 0 Å². The van der Waals surface area contributed by atoms with Crippen LogP contribution in [0.3, 0.4) is 0 Å². The van der Waals surface area contributed by atoms with E-state index in [-0.39, 0.29) is 0 Å². The average Bonchev–Trinajstić information content (AvgIpc) is 2.45. The molecule has 0 aliphatic heterocycles. The molecule has 0 fully saturated rings. The van der Waals surface area contributed by atoms with Crippen molar-refractivity contribution in [2.24, 2.45) is 0 Å². The largest absolute Gasteiger partial charge is 0.494 e. The first-order chi connectivity index (χ1) is 9.78. The maximum Gasteiger partial charge on any atom is 0.121 e. The Hall–Kier alpha value is -1.87. The lowest BCUT2D eigenvalue weighted by Gasteiger charge is -2.10. The first kappa shape index (κ1) is 14.5. The Morgan fingerprint density at radius 2 is 1.60 bits per heavy atom. The molecule has 2 aromatic rings. The minimum Gasteiger partial charge on any atom is -0.494 e. The van der Waals surface area contributed by atoms with Gasteiger partial charge in [-0.15, -0.1) is 0 Å². The normalized spacial score (nSPS) is 10.1. The van der Waals surface area contributed by atoms with Crippen LogP contribution >= 0.6 is 11.6 Å². The Kier molecular flexibility index (Phi) is 5.56. The lowest BCUT2D eigenvalue weighted by Crippen LogP contribution is -2.13. The standard InChI is InChI=1S/C16H19ClN2O/c1-2-20-16-8-4-7-15(12-16)19-10-9-18-14-6-3-5-13(17)11-14/h3-8,11-12,18-19H,2,9-10H2,1H3. The van der Waals surface area contributed by atoms with Gasteiger partial charge >= 0.3 is 0 Å². The van der Waals surface area contributed by atoms with E-state index < -0.39 is 0 Å². The molecule has 0 aliphatic rings. The van der Waals surface area contributed by atoms with E-state index in [9.17, 15) is 0 Å². The Bertz CT molecular complexity index is 546. The number of anilines is 2. The zero-order valence-electron chi connectivity index (χ0n) is 11.5. The molecule has 0 spiro atoms. The van der Waals surface area contributed by atoms with Gasteiger partial charge in [-0.3, -0.25) is 0 Å². The molecule has 0 heterocycles. The molecular formula is C16H19ClN2O. The van der Waals surface area contributed by atoms with Crippen molar-refractivity contribution in [3.05, 3.63) is 53.6 Å². The van der Waals surface area contributed by atoms with Gasteiger partial charge in [-0.25, -0.2) is 0 Å². The molecule has 2 rings (SSSR count). The van der Waals surface area contributed by atoms with Gasteiger partial charge in [0.25, 0.3) is 0 Å². The smallest absolute Gasteiger partial charge is 0.121 e. The second-order valence-corrected chi connectivity index (χ2v) is 4.76. The summed E-state index contributed by atoms with van der Waals surface area (Å²) in [6.45, 7) is 4.30. The van der Waals surface area contributed by atoms with E-state index in [4.69, 9.17) is 16.3 Å². The molecular weight excluding hydrogens is 272 g/mol. The number of nitrogens with one attached hydrogen (secondary N) is 2. The molecule has 0 saturated carbocycles. The maximum absolute atomic E-state index is 5.93. The van der Waals surface area contributed by atoms with E-state index >= 15 is 0 Å². The summed E-state index contributed by atoms with van der Waals surface area (Å²) in [6, 6.07) is 15.7. The highest BCUT2D eigenvalue weighted by Gasteiger charge is 1.96. The highest BCUT2D eigenvalue weighted by Crippen LogP contribution is 2.17. The topological polar surface area (TPSA) is 33.3 Å². The molecule has 20 heavy (non-hydrogen) atoms. The molecule has 0 unspecified atom stereocenters. The predicted octanol–water partition coefficient (Wildman–Crippen LogP) is 4.26. The number of ether oxygens (including phenoxy) is 1. The molecule has 0 amide bonds. The molecule has 4 heteroatoms. The van der Waals surface area contributed by atoms with E-state index in [1.807, 2.05) is 55.5 Å². The minimum atomic E-state index is 0.680. The van der Waals surface area contributed by atoms with Gasteiger partial charge in [0.05, 0.1) is 6.61 Å². The van der Waals surface area contributed by atoms with Crippen molar-refractivity contribution in [3.8, 4) is 5.75 Å². The van der Waals surface area contributed by atoms with Gasteiger partial charge in [-0.05, 0) is 37.3 Å². The van der Waals surface area contributed by atoms with Crippen LogP contribution in [0.5, 0.6) is 5.75 Å². The molecule has 106 valence electrons. The second kappa shape index (κ2) is 7.65. The van der Waals surface area contributed by atoms with Gasteiger partial charge in [0.15, 0.2) is 0 Å². The van der Waals surface area contributed by atoms with Crippen LogP contribution in [-0.2, 0) is 0 Å². The van der Waals surface area contributed by atoms with Crippen molar-refractivity contribution in [1.29, 1.82) is 0 Å². The van der Waals surface area contributed by atoms with E-state index in [0.29, 0.717) is 6.61 Å². The van der Waals surface area contributed by atoms with Gasteiger partial charge < -0.3 is 15.4 Å². The molecule has 3 nitrogen and oxygen atoms in total. The molecule has 0 bridgehead atoms. The second-order valence-electron chi connectivity index (χ2n) is 4.32. The molecule has 0 aliphatic carbocycles. The minimum absolute atomic E-state index is 0.680. The van der Waals surface area contributed by atoms with Gasteiger partial charge in [0.1, 0.15) is 5.75 Å². The lowest BCUT2D eigenvalue weighted by molar-refractivity contribution is 0.340. The van der Waals surface area contributed by atoms with Crippen LogP contribution in [0.25, 0.3) is 0 Å². The zero-order valence-corrected chi connectivity index (χ0v) is 12.3. The number of hydrogen-bond acceptors (Lipinski definition) is 3. The summed E-state index contributed by atoms with van der Waals surface area (Å²) in [7, 11) is 0. The number of benzene rings is 2. The third-order valence-electron chi connectivity index (χ3n) is 2.75. The first-order valence-electron chi connectivity index (χ1n) is 6.74. The SMILES string of the molecule is CCOc1cccc(NCCNc2cccc(Cl)c2)c1. The van der Waals surface area contributed by atoms with Gasteiger partial charge in [0.2, 0.25) is 0 Å². The summed E-state index contributed by atoms with van der Waals surface area (Å²) in [4.78, 5) is 0. The fourth-order valence-corrected chi connectivity index (χ4v) is 2.06. The first-order valence-corrected chi connectivity index (χ1v) is 7.12. The molecule has 0 atom stereocenters. The number of rotatable bonds is 7. The van der Waals surface area contributed by atoms with Crippen molar-refractivity contribution in [2.75, 3.05) is 30.3 Å². The van der Waals surface area contributed by atoms with Crippen molar-refractivity contribution in [2.45, 2.75) is 6.92 Å². The van der Waals surface area contributed by atoms with Crippen molar-refractivity contribution in [3.63, 3.8) is 0 Å². The monoisotopic (exact) mass is 290 g/mol. The van der Waals surface area contributed by atoms with Gasteiger partial charge in [-0.1, -0.05) is 23.7 Å². The third kappa shape index (κ3) is 4.67. The summed E-state index contributed by atoms with van der Waals surface area (Å²) < 4.78 is 5.47. The number of halogens is 1. The van der Waals surface area contributed by atoms with Crippen molar-refractivity contribution in [1.82, 2.24) is 0 Å². The molecule has 2 N–H and O–H groups in total. The summed E-state index contributed by atoms with van der Waals surface area (Å²) in [5.41, 5.74) is 2.09. The van der Waals surface area contributed by atoms with Crippen LogP contribution in [0.15, 0.2) is 48.5 Å². The van der Waals surface area contributed by atoms with E-state index in [1.165, 1.54) is 0 Å². The van der Waals surface area contributed by atoms with Gasteiger partial charge in [0, 0.05) is 35.6 Å². The fourth-order valence-electron chi connectivity index (χ4n) is 1.87. The quantitative estimate of drug-likeness (QED) is 0.748. The Labute approximate surface area is 124 Å². The molecule has 0 radical (unpaired) electrons. The zero-order chi connectivity index (χ0) is 14.2. The average molecular weight is 291 g/mol. The van der Waals surface area contributed by atoms with Crippen LogP contribution in [0.2, 0.25) is 5.02 Å². The summed E-state index contributed by atoms with van der Waals surface area (Å²) >= 11 is 5.93. The Morgan fingerprint density at radius 3 is 2.25 bits per heavy atom. The lowest BCUT2D eigenvalue weighted by atomic mass is 10.3. The molecule has 0 saturated heterocycles. The predicted molar refractivity (Wildman–Crippen MR) is 86.0 cm³/mol. The van der Waals surface area contributed by atoms with E-state index in [0.717, 1.165) is 35.2 Å². The van der Waals surface area contributed by atoms with Crippen LogP contribution in [0, 0.1) is 0 Å². The maximum atomic E-state index is 5.93. The number of hydrogen-bond donors (Lipinski definition) is 2. The van der Waals surface area contributed by atoms with Crippen molar-refractivity contribution < 1.29 is 4.74 Å². The Balaban J connectivity index is 1.77. The van der Waals surface area contributed by atoms with Crippen LogP contribution in [-0.4, -0.2) is 19.7 Å². The summed E-state index contributed by atoms with van der Waals surface area (Å²) in [5.74, 6) is 0.889. The Morgan fingerprint density at radius 1 is 0.950 bits per heavy atom.